The molecule has 4 aromatic rings. The van der Waals surface area contributed by atoms with Crippen LogP contribution in [0.3, 0.4) is 0 Å². The zero-order valence-electron chi connectivity index (χ0n) is 17.8. The Morgan fingerprint density at radius 3 is 2.59 bits per heavy atom. The van der Waals surface area contributed by atoms with Crippen LogP contribution in [0.4, 0.5) is 5.69 Å². The Balaban J connectivity index is 1.16. The zero-order chi connectivity index (χ0) is 22.2. The minimum absolute atomic E-state index is 0.121. The maximum atomic E-state index is 12.2. The van der Waals surface area contributed by atoms with Crippen LogP contribution in [-0.2, 0) is 6.42 Å². The summed E-state index contributed by atoms with van der Waals surface area (Å²) in [7, 11) is 0. The van der Waals surface area contributed by atoms with Gasteiger partial charge in [0.1, 0.15) is 18.5 Å². The van der Waals surface area contributed by atoms with E-state index >= 15 is 0 Å². The van der Waals surface area contributed by atoms with Crippen molar-refractivity contribution in [3.63, 3.8) is 0 Å². The third-order valence-electron chi connectivity index (χ3n) is 5.20. The van der Waals surface area contributed by atoms with Gasteiger partial charge in [-0.1, -0.05) is 36.4 Å². The van der Waals surface area contributed by atoms with Gasteiger partial charge in [-0.25, -0.2) is 0 Å². The fourth-order valence-electron chi connectivity index (χ4n) is 3.48. The number of benzene rings is 3. The number of carbonyl (C=O) groups excluding carboxylic acids is 1. The highest BCUT2D eigenvalue weighted by Gasteiger charge is 2.08. The average molecular weight is 430 g/mol. The van der Waals surface area contributed by atoms with E-state index in [9.17, 15) is 9.90 Å². The molecular formula is C26H27N3O3. The third-order valence-corrected chi connectivity index (χ3v) is 5.20. The summed E-state index contributed by atoms with van der Waals surface area (Å²) in [6, 6.07) is 24.7. The van der Waals surface area contributed by atoms with Gasteiger partial charge in [-0.05, 0) is 61.0 Å². The first-order valence-corrected chi connectivity index (χ1v) is 10.7. The van der Waals surface area contributed by atoms with Crippen LogP contribution < -0.4 is 15.4 Å². The number of anilines is 1. The van der Waals surface area contributed by atoms with Gasteiger partial charge < -0.3 is 25.5 Å². The maximum absolute atomic E-state index is 12.2. The van der Waals surface area contributed by atoms with Gasteiger partial charge in [0.05, 0.1) is 0 Å². The van der Waals surface area contributed by atoms with E-state index in [2.05, 4.69) is 15.6 Å². The quantitative estimate of drug-likeness (QED) is 0.287. The van der Waals surface area contributed by atoms with Crippen LogP contribution in [-0.4, -0.2) is 41.8 Å². The number of carbonyl (C=O) groups is 1. The topological polar surface area (TPSA) is 86.4 Å². The summed E-state index contributed by atoms with van der Waals surface area (Å²) in [5, 5.41) is 17.4. The molecule has 0 spiro atoms. The second kappa shape index (κ2) is 10.6. The molecule has 0 bridgehead atoms. The van der Waals surface area contributed by atoms with Crippen molar-refractivity contribution in [3.8, 4) is 5.75 Å². The molecule has 0 aliphatic rings. The van der Waals surface area contributed by atoms with E-state index in [-0.39, 0.29) is 12.5 Å². The molecule has 4 rings (SSSR count). The molecule has 0 saturated heterocycles. The number of ether oxygens (including phenoxy) is 1. The number of nitrogens with one attached hydrogen (secondary N) is 3. The molecule has 6 nitrogen and oxygen atoms in total. The summed E-state index contributed by atoms with van der Waals surface area (Å²) in [5.41, 5.74) is 3.56. The predicted molar refractivity (Wildman–Crippen MR) is 127 cm³/mol. The third kappa shape index (κ3) is 5.75. The SMILES string of the molecule is O=C(Nc1ccc(CCNC[C@H](O)COc2cccc3[nH]ccc23)cc1)c1ccccc1. The van der Waals surface area contributed by atoms with Crippen LogP contribution in [0.25, 0.3) is 10.9 Å². The van der Waals surface area contributed by atoms with Gasteiger partial charge in [-0.3, -0.25) is 4.79 Å². The number of aliphatic hydroxyl groups excluding tert-OH is 1. The molecule has 164 valence electrons. The summed E-state index contributed by atoms with van der Waals surface area (Å²) < 4.78 is 5.79. The van der Waals surface area contributed by atoms with E-state index in [4.69, 9.17) is 4.74 Å². The van der Waals surface area contributed by atoms with Crippen LogP contribution in [0.1, 0.15) is 15.9 Å². The molecule has 1 aromatic heterocycles. The number of fused-ring (bicyclic) bond motifs is 1. The zero-order valence-corrected chi connectivity index (χ0v) is 17.8. The normalized spacial score (nSPS) is 11.9. The molecule has 1 heterocycles. The summed E-state index contributed by atoms with van der Waals surface area (Å²) >= 11 is 0. The van der Waals surface area contributed by atoms with Crippen molar-refractivity contribution >= 4 is 22.5 Å². The molecule has 0 radical (unpaired) electrons. The number of H-pyrrole nitrogens is 1. The lowest BCUT2D eigenvalue weighted by atomic mass is 10.1. The van der Waals surface area contributed by atoms with Gasteiger partial charge in [-0.2, -0.15) is 0 Å². The van der Waals surface area contributed by atoms with Crippen LogP contribution in [0.5, 0.6) is 5.75 Å². The Morgan fingerprint density at radius 2 is 1.78 bits per heavy atom. The monoisotopic (exact) mass is 429 g/mol. The number of hydrogen-bond acceptors (Lipinski definition) is 4. The smallest absolute Gasteiger partial charge is 0.255 e. The molecule has 6 heteroatoms. The average Bonchev–Trinajstić information content (AvgIpc) is 3.32. The first-order chi connectivity index (χ1) is 15.7. The second-order valence-electron chi connectivity index (χ2n) is 7.63. The van der Waals surface area contributed by atoms with Gasteiger partial charge >= 0.3 is 0 Å². The summed E-state index contributed by atoms with van der Waals surface area (Å²) in [6.07, 6.45) is 2.10. The van der Waals surface area contributed by atoms with Crippen LogP contribution in [0, 0.1) is 0 Å². The molecule has 1 amide bonds. The van der Waals surface area contributed by atoms with Gasteiger partial charge in [0, 0.05) is 34.9 Å². The van der Waals surface area contributed by atoms with E-state index in [1.807, 2.05) is 72.9 Å². The van der Waals surface area contributed by atoms with Crippen molar-refractivity contribution in [1.82, 2.24) is 10.3 Å². The Kier molecular flexibility index (Phi) is 7.17. The van der Waals surface area contributed by atoms with Crippen molar-refractivity contribution in [2.24, 2.45) is 0 Å². The number of aromatic amines is 1. The van der Waals surface area contributed by atoms with E-state index in [1.165, 1.54) is 0 Å². The number of aromatic nitrogens is 1. The van der Waals surface area contributed by atoms with E-state index in [0.29, 0.717) is 12.1 Å². The van der Waals surface area contributed by atoms with Crippen molar-refractivity contribution in [2.45, 2.75) is 12.5 Å². The lowest BCUT2D eigenvalue weighted by Gasteiger charge is -2.14. The van der Waals surface area contributed by atoms with Gasteiger partial charge in [-0.15, -0.1) is 0 Å². The molecule has 0 aliphatic carbocycles. The van der Waals surface area contributed by atoms with E-state index in [0.717, 1.165) is 40.9 Å². The molecule has 0 unspecified atom stereocenters. The minimum Gasteiger partial charge on any atom is -0.490 e. The first-order valence-electron chi connectivity index (χ1n) is 10.7. The fourth-order valence-corrected chi connectivity index (χ4v) is 3.48. The van der Waals surface area contributed by atoms with Gasteiger partial charge in [0.2, 0.25) is 0 Å². The van der Waals surface area contributed by atoms with Crippen LogP contribution in [0.2, 0.25) is 0 Å². The molecular weight excluding hydrogens is 402 g/mol. The number of hydrogen-bond donors (Lipinski definition) is 4. The molecule has 1 atom stereocenters. The Bertz CT molecular complexity index is 1140. The Labute approximate surface area is 187 Å². The highest BCUT2D eigenvalue weighted by Crippen LogP contribution is 2.24. The number of amides is 1. The van der Waals surface area contributed by atoms with Crippen LogP contribution in [0.15, 0.2) is 85.1 Å². The van der Waals surface area contributed by atoms with E-state index in [1.54, 1.807) is 12.1 Å². The number of rotatable bonds is 10. The van der Waals surface area contributed by atoms with Crippen molar-refractivity contribution < 1.29 is 14.6 Å². The first kappa shape index (κ1) is 21.6. The van der Waals surface area contributed by atoms with Gasteiger partial charge in [0.15, 0.2) is 0 Å². The molecule has 0 fully saturated rings. The highest BCUT2D eigenvalue weighted by molar-refractivity contribution is 6.04. The maximum Gasteiger partial charge on any atom is 0.255 e. The number of aliphatic hydroxyl groups is 1. The predicted octanol–water partition coefficient (Wildman–Crippen LogP) is 3.99. The minimum atomic E-state index is -0.597. The Hall–Kier alpha value is -3.61. The second-order valence-corrected chi connectivity index (χ2v) is 7.63. The lowest BCUT2D eigenvalue weighted by Crippen LogP contribution is -2.32. The summed E-state index contributed by atoms with van der Waals surface area (Å²) in [6.45, 7) is 1.42. The molecule has 0 saturated carbocycles. The standard InChI is InChI=1S/C26H27N3O3/c30-22(18-32-25-8-4-7-24-23(25)14-16-28-24)17-27-15-13-19-9-11-21(12-10-19)29-26(31)20-5-2-1-3-6-20/h1-12,14,16,22,27-28,30H,13,15,17-18H2,(H,29,31)/t22-/m0/s1. The van der Waals surface area contributed by atoms with Crippen molar-refractivity contribution in [1.29, 1.82) is 0 Å². The summed E-state index contributed by atoms with van der Waals surface area (Å²) in [5.74, 6) is 0.645. The molecule has 3 aromatic carbocycles. The van der Waals surface area contributed by atoms with E-state index < -0.39 is 6.10 Å². The molecule has 32 heavy (non-hydrogen) atoms. The van der Waals surface area contributed by atoms with Crippen molar-refractivity contribution in [3.05, 3.63) is 96.2 Å². The lowest BCUT2D eigenvalue weighted by molar-refractivity contribution is 0.102. The fraction of sp³-hybridized carbons (Fsp3) is 0.192. The molecule has 0 aliphatic heterocycles. The Morgan fingerprint density at radius 1 is 0.969 bits per heavy atom. The van der Waals surface area contributed by atoms with Crippen LogP contribution >= 0.6 is 0 Å². The molecule has 4 N–H and O–H groups in total. The highest BCUT2D eigenvalue weighted by atomic mass is 16.5. The largest absolute Gasteiger partial charge is 0.490 e. The van der Waals surface area contributed by atoms with Crippen molar-refractivity contribution in [2.75, 3.05) is 25.0 Å². The summed E-state index contributed by atoms with van der Waals surface area (Å²) in [4.78, 5) is 15.4. The van der Waals surface area contributed by atoms with Gasteiger partial charge in [0.25, 0.3) is 5.91 Å².